The summed E-state index contributed by atoms with van der Waals surface area (Å²) in [5.74, 6) is 0.0600. The van der Waals surface area contributed by atoms with Gasteiger partial charge in [-0.3, -0.25) is 4.79 Å². The summed E-state index contributed by atoms with van der Waals surface area (Å²) in [6.45, 7) is 17.5. The van der Waals surface area contributed by atoms with Gasteiger partial charge in [-0.15, -0.1) is 6.58 Å². The van der Waals surface area contributed by atoms with Crippen LogP contribution >= 0.6 is 0 Å². The summed E-state index contributed by atoms with van der Waals surface area (Å²) < 4.78 is 11.1. The molecule has 0 N–H and O–H groups in total. The van der Waals surface area contributed by atoms with E-state index in [0.717, 1.165) is 31.9 Å². The molecule has 4 heteroatoms. The summed E-state index contributed by atoms with van der Waals surface area (Å²) in [4.78, 5) is 11.7. The summed E-state index contributed by atoms with van der Waals surface area (Å²) in [6.07, 6.45) is 5.58. The Balaban J connectivity index is 4.06. The van der Waals surface area contributed by atoms with Gasteiger partial charge in [0.05, 0.1) is 0 Å². The van der Waals surface area contributed by atoms with Gasteiger partial charge in [0.1, 0.15) is 12.9 Å². The first-order valence-corrected chi connectivity index (χ1v) is 12.3. The molecule has 23 heavy (non-hydrogen) atoms. The maximum Gasteiger partial charge on any atom is 0.158 e. The van der Waals surface area contributed by atoms with Crippen LogP contribution in [0.2, 0.25) is 25.7 Å². The minimum absolute atomic E-state index is 0.0600. The zero-order chi connectivity index (χ0) is 17.9. The number of hydrogen-bond acceptors (Lipinski definition) is 3. The predicted octanol–water partition coefficient (Wildman–Crippen LogP) is 5.36. The summed E-state index contributed by atoms with van der Waals surface area (Å²) in [5.41, 5.74) is 2.53. The second-order valence-corrected chi connectivity index (χ2v) is 13.3. The lowest BCUT2D eigenvalue weighted by atomic mass is 10.0. The van der Waals surface area contributed by atoms with Crippen molar-refractivity contribution >= 4 is 13.9 Å². The summed E-state index contributed by atoms with van der Waals surface area (Å²) in [7, 11) is -1.07. The zero-order valence-electron chi connectivity index (χ0n) is 16.0. The van der Waals surface area contributed by atoms with Crippen molar-refractivity contribution in [2.45, 2.75) is 78.2 Å². The third-order valence-corrected chi connectivity index (χ3v) is 5.36. The molecule has 134 valence electrons. The fourth-order valence-electron chi connectivity index (χ4n) is 2.00. The number of rotatable bonds is 13. The van der Waals surface area contributed by atoms with Crippen LogP contribution in [-0.4, -0.2) is 33.4 Å². The molecule has 0 aromatic heterocycles. The number of allylic oxidation sites excluding steroid dienone is 2. The molecule has 0 radical (unpaired) electrons. The van der Waals surface area contributed by atoms with E-state index in [2.05, 4.69) is 46.1 Å². The van der Waals surface area contributed by atoms with Crippen LogP contribution in [0.15, 0.2) is 23.8 Å². The summed E-state index contributed by atoms with van der Waals surface area (Å²) >= 11 is 0. The molecule has 0 amide bonds. The molecule has 0 bridgehead atoms. The Labute approximate surface area is 144 Å². The lowest BCUT2D eigenvalue weighted by Crippen LogP contribution is -2.25. The average Bonchev–Trinajstić information content (AvgIpc) is 2.39. The molecule has 0 aliphatic rings. The third-order valence-electron chi connectivity index (χ3n) is 3.66. The molecular weight excluding hydrogens is 304 g/mol. The first-order chi connectivity index (χ1) is 10.6. The van der Waals surface area contributed by atoms with Crippen molar-refractivity contribution in [2.24, 2.45) is 0 Å². The largest absolute Gasteiger partial charge is 0.356 e. The topological polar surface area (TPSA) is 35.5 Å². The Bertz CT molecular complexity index is 394. The van der Waals surface area contributed by atoms with Gasteiger partial charge in [0, 0.05) is 14.7 Å². The van der Waals surface area contributed by atoms with Gasteiger partial charge in [0.2, 0.25) is 0 Å². The summed E-state index contributed by atoms with van der Waals surface area (Å²) in [5, 5.41) is 0. The Morgan fingerprint density at radius 2 is 1.83 bits per heavy atom. The van der Waals surface area contributed by atoms with E-state index in [0.29, 0.717) is 6.42 Å². The maximum atomic E-state index is 11.7. The molecule has 0 rings (SSSR count). The van der Waals surface area contributed by atoms with Crippen molar-refractivity contribution in [2.75, 3.05) is 13.4 Å². The van der Waals surface area contributed by atoms with E-state index < -0.39 is 14.2 Å². The third kappa shape index (κ3) is 14.6. The van der Waals surface area contributed by atoms with Gasteiger partial charge in [0.15, 0.2) is 5.78 Å². The van der Waals surface area contributed by atoms with Crippen molar-refractivity contribution in [3.8, 4) is 0 Å². The number of Topliss-reactive ketones (excluding diaryl/α,β-unsaturated/α-hetero) is 1. The first kappa shape index (κ1) is 22.3. The van der Waals surface area contributed by atoms with Gasteiger partial charge in [-0.25, -0.2) is 0 Å². The number of carbonyl (C=O) groups excluding carboxylic acids is 1. The Morgan fingerprint density at radius 1 is 1.17 bits per heavy atom. The standard InChI is InChI=1S/C19H36O3Si/c1-16(2)9-8-10-17(3)11-12-19(18(4)20)22-15-21-13-14-23(5,6)7/h11,19H,1,8-10,12-15H2,2-7H3/b17-11-/t19-/m0/s1. The Morgan fingerprint density at radius 3 is 2.35 bits per heavy atom. The summed E-state index contributed by atoms with van der Waals surface area (Å²) in [6, 6.07) is 1.11. The van der Waals surface area contributed by atoms with Gasteiger partial charge in [-0.2, -0.15) is 0 Å². The monoisotopic (exact) mass is 340 g/mol. The zero-order valence-corrected chi connectivity index (χ0v) is 17.0. The molecule has 0 aromatic rings. The quantitative estimate of drug-likeness (QED) is 0.196. The van der Waals surface area contributed by atoms with E-state index in [1.165, 1.54) is 11.1 Å². The van der Waals surface area contributed by atoms with Crippen molar-refractivity contribution in [3.63, 3.8) is 0 Å². The maximum absolute atomic E-state index is 11.7. The molecular formula is C19H36O3Si. The first-order valence-electron chi connectivity index (χ1n) is 8.61. The molecule has 3 nitrogen and oxygen atoms in total. The molecule has 0 saturated carbocycles. The SMILES string of the molecule is C=C(C)CCC/C(C)=C\C[C@H](OCOCC[Si](C)(C)C)C(C)=O. The number of hydrogen-bond donors (Lipinski definition) is 0. The molecule has 0 unspecified atom stereocenters. The highest BCUT2D eigenvalue weighted by Crippen LogP contribution is 2.13. The van der Waals surface area contributed by atoms with Gasteiger partial charge in [-0.05, 0) is 52.5 Å². The molecule has 0 fully saturated rings. The van der Waals surface area contributed by atoms with E-state index in [-0.39, 0.29) is 12.6 Å². The van der Waals surface area contributed by atoms with Crippen LogP contribution in [0.25, 0.3) is 0 Å². The normalized spacial score (nSPS) is 13.9. The Kier molecular flexibility index (Phi) is 11.4. The van der Waals surface area contributed by atoms with Crippen LogP contribution in [0.4, 0.5) is 0 Å². The highest BCUT2D eigenvalue weighted by Gasteiger charge is 2.15. The highest BCUT2D eigenvalue weighted by atomic mass is 28.3. The van der Waals surface area contributed by atoms with Crippen molar-refractivity contribution < 1.29 is 14.3 Å². The van der Waals surface area contributed by atoms with Crippen LogP contribution < -0.4 is 0 Å². The van der Waals surface area contributed by atoms with Crippen LogP contribution in [0.5, 0.6) is 0 Å². The number of ketones is 1. The average molecular weight is 341 g/mol. The lowest BCUT2D eigenvalue weighted by Gasteiger charge is -2.17. The van der Waals surface area contributed by atoms with Crippen LogP contribution in [0.1, 0.15) is 46.5 Å². The molecule has 0 aromatic carbocycles. The van der Waals surface area contributed by atoms with Crippen molar-refractivity contribution in [3.05, 3.63) is 23.8 Å². The van der Waals surface area contributed by atoms with Gasteiger partial charge < -0.3 is 9.47 Å². The van der Waals surface area contributed by atoms with Crippen LogP contribution in [0, 0.1) is 0 Å². The van der Waals surface area contributed by atoms with Crippen molar-refractivity contribution in [1.82, 2.24) is 0 Å². The molecule has 1 atom stereocenters. The van der Waals surface area contributed by atoms with Crippen molar-refractivity contribution in [1.29, 1.82) is 0 Å². The van der Waals surface area contributed by atoms with E-state index in [1.807, 2.05) is 0 Å². The van der Waals surface area contributed by atoms with Crippen LogP contribution in [0.3, 0.4) is 0 Å². The minimum Gasteiger partial charge on any atom is -0.356 e. The predicted molar refractivity (Wildman–Crippen MR) is 102 cm³/mol. The molecule has 0 spiro atoms. The van der Waals surface area contributed by atoms with Gasteiger partial charge in [0.25, 0.3) is 0 Å². The number of carbonyl (C=O) groups is 1. The Hall–Kier alpha value is -0.713. The fourth-order valence-corrected chi connectivity index (χ4v) is 2.75. The van der Waals surface area contributed by atoms with E-state index in [9.17, 15) is 4.79 Å². The molecule has 0 heterocycles. The number of ether oxygens (including phenoxy) is 2. The lowest BCUT2D eigenvalue weighted by molar-refractivity contribution is -0.139. The van der Waals surface area contributed by atoms with Gasteiger partial charge in [-0.1, -0.05) is 36.9 Å². The second kappa shape index (κ2) is 11.8. The fraction of sp³-hybridized carbons (Fsp3) is 0.737. The van der Waals surface area contributed by atoms with E-state index >= 15 is 0 Å². The minimum atomic E-state index is -1.07. The van der Waals surface area contributed by atoms with Crippen LogP contribution in [-0.2, 0) is 14.3 Å². The van der Waals surface area contributed by atoms with Gasteiger partial charge >= 0.3 is 0 Å². The highest BCUT2D eigenvalue weighted by molar-refractivity contribution is 6.76. The molecule has 0 aliphatic heterocycles. The second-order valence-electron chi connectivity index (χ2n) is 7.70. The smallest absolute Gasteiger partial charge is 0.158 e. The molecule has 0 saturated heterocycles. The molecule has 0 aliphatic carbocycles. The van der Waals surface area contributed by atoms with E-state index in [4.69, 9.17) is 9.47 Å². The van der Waals surface area contributed by atoms with E-state index in [1.54, 1.807) is 6.92 Å².